The van der Waals surface area contributed by atoms with Gasteiger partial charge >= 0.3 is 5.97 Å². The molecule has 1 aromatic rings. The number of hydrogen-bond acceptors (Lipinski definition) is 4. The Labute approximate surface area is 257 Å². The summed E-state index contributed by atoms with van der Waals surface area (Å²) < 4.78 is 13.3. The average Bonchev–Trinajstić information content (AvgIpc) is 3.26. The fraction of sp³-hybridized carbons (Fsp3) is 0.757. The Hall–Kier alpha value is -1.43. The van der Waals surface area contributed by atoms with E-state index in [1.165, 1.54) is 50.5 Å². The van der Waals surface area contributed by atoms with Gasteiger partial charge in [0.2, 0.25) is 0 Å². The van der Waals surface area contributed by atoms with E-state index in [0.717, 1.165) is 37.3 Å². The number of carbonyl (C=O) groups is 1. The van der Waals surface area contributed by atoms with Crippen molar-refractivity contribution in [2.24, 2.45) is 34.5 Å². The maximum atomic E-state index is 13.0. The maximum absolute atomic E-state index is 13.0. The van der Waals surface area contributed by atoms with Crippen LogP contribution >= 0.6 is 0 Å². The molecule has 3 saturated carbocycles. The molecule has 1 aromatic carbocycles. The summed E-state index contributed by atoms with van der Waals surface area (Å²) in [7, 11) is -1.77. The Morgan fingerprint density at radius 3 is 2.45 bits per heavy atom. The molecule has 4 aliphatic carbocycles. The van der Waals surface area contributed by atoms with Gasteiger partial charge in [0.05, 0.1) is 6.54 Å². The van der Waals surface area contributed by atoms with E-state index in [2.05, 4.69) is 95.9 Å². The molecule has 0 N–H and O–H groups in total. The van der Waals surface area contributed by atoms with Crippen LogP contribution in [-0.4, -0.2) is 44.0 Å². The summed E-state index contributed by atoms with van der Waals surface area (Å²) in [5, 5.41) is 0.258. The predicted molar refractivity (Wildman–Crippen MR) is 173 cm³/mol. The maximum Gasteiger partial charge on any atom is 0.320 e. The van der Waals surface area contributed by atoms with Crippen LogP contribution in [0.4, 0.5) is 0 Å². The largest absolute Gasteiger partial charge is 0.457 e. The number of cyclic esters (lactones) is 1. The molecule has 4 nitrogen and oxygen atoms in total. The van der Waals surface area contributed by atoms with Crippen molar-refractivity contribution in [2.75, 3.05) is 13.1 Å². The van der Waals surface area contributed by atoms with Crippen molar-refractivity contribution >= 4 is 14.3 Å². The molecule has 4 fully saturated rings. The molecule has 0 spiro atoms. The molecule has 1 aliphatic heterocycles. The molecule has 6 rings (SSSR count). The minimum Gasteiger partial charge on any atom is -0.457 e. The zero-order chi connectivity index (χ0) is 30.1. The van der Waals surface area contributed by atoms with Crippen LogP contribution in [0.1, 0.15) is 98.5 Å². The molecule has 1 unspecified atom stereocenters. The minimum atomic E-state index is -1.77. The number of benzene rings is 1. The van der Waals surface area contributed by atoms with Crippen molar-refractivity contribution < 1.29 is 14.0 Å². The lowest BCUT2D eigenvalue weighted by Gasteiger charge is -2.59. The number of carbonyl (C=O) groups excluding carboxylic acids is 1. The molecule has 0 bridgehead atoms. The van der Waals surface area contributed by atoms with Gasteiger partial charge in [0, 0.05) is 25.1 Å². The zero-order valence-corrected chi connectivity index (χ0v) is 28.8. The second-order valence-corrected chi connectivity index (χ2v) is 21.9. The third-order valence-electron chi connectivity index (χ3n) is 13.5. The van der Waals surface area contributed by atoms with Crippen molar-refractivity contribution in [2.45, 2.75) is 129 Å². The third kappa shape index (κ3) is 5.17. The van der Waals surface area contributed by atoms with Crippen molar-refractivity contribution in [1.82, 2.24) is 4.90 Å². The first-order valence-electron chi connectivity index (χ1n) is 17.0. The fourth-order valence-corrected chi connectivity index (χ4v) is 11.9. The summed E-state index contributed by atoms with van der Waals surface area (Å²) in [6, 6.07) is 10.6. The molecule has 232 valence electrons. The van der Waals surface area contributed by atoms with E-state index in [0.29, 0.717) is 24.0 Å². The molecule has 8 atom stereocenters. The average molecular weight is 592 g/mol. The summed E-state index contributed by atoms with van der Waals surface area (Å²) in [6.07, 6.45) is 13.0. The highest BCUT2D eigenvalue weighted by molar-refractivity contribution is 6.74. The van der Waals surface area contributed by atoms with Crippen molar-refractivity contribution in [3.8, 4) is 0 Å². The van der Waals surface area contributed by atoms with Gasteiger partial charge in [-0.2, -0.15) is 0 Å². The van der Waals surface area contributed by atoms with Crippen molar-refractivity contribution in [3.63, 3.8) is 0 Å². The highest BCUT2D eigenvalue weighted by atomic mass is 28.4. The van der Waals surface area contributed by atoms with Gasteiger partial charge in [0.25, 0.3) is 0 Å². The summed E-state index contributed by atoms with van der Waals surface area (Å²) in [6.45, 7) is 21.4. The van der Waals surface area contributed by atoms with Crippen molar-refractivity contribution in [3.05, 3.63) is 47.5 Å². The summed E-state index contributed by atoms with van der Waals surface area (Å²) in [4.78, 5) is 15.4. The van der Waals surface area contributed by atoms with E-state index in [1.807, 2.05) is 0 Å². The minimum absolute atomic E-state index is 0.0464. The molecule has 0 radical (unpaired) electrons. The highest BCUT2D eigenvalue weighted by Gasteiger charge is 2.63. The molecule has 0 amide bonds. The van der Waals surface area contributed by atoms with E-state index in [4.69, 9.17) is 9.16 Å². The van der Waals surface area contributed by atoms with E-state index >= 15 is 0 Å². The number of morpholine rings is 1. The van der Waals surface area contributed by atoms with Gasteiger partial charge in [-0.15, -0.1) is 0 Å². The van der Waals surface area contributed by atoms with Crippen LogP contribution in [0.5, 0.6) is 0 Å². The number of nitrogens with zero attached hydrogens (tertiary/aromatic N) is 1. The monoisotopic (exact) mass is 591 g/mol. The Morgan fingerprint density at radius 2 is 1.74 bits per heavy atom. The van der Waals surface area contributed by atoms with Crippen LogP contribution in [0.2, 0.25) is 18.1 Å². The first-order chi connectivity index (χ1) is 19.6. The second kappa shape index (κ2) is 10.6. The van der Waals surface area contributed by atoms with E-state index in [-0.39, 0.29) is 16.4 Å². The lowest BCUT2D eigenvalue weighted by molar-refractivity contribution is -0.191. The molecule has 1 saturated heterocycles. The molecule has 0 aromatic heterocycles. The van der Waals surface area contributed by atoms with Gasteiger partial charge in [-0.3, -0.25) is 9.69 Å². The fourth-order valence-electron chi connectivity index (χ4n) is 10.5. The molecule has 1 heterocycles. The van der Waals surface area contributed by atoms with Crippen LogP contribution in [0.25, 0.3) is 0 Å². The number of hydrogen-bond donors (Lipinski definition) is 0. The van der Waals surface area contributed by atoms with Crippen LogP contribution < -0.4 is 0 Å². The smallest absolute Gasteiger partial charge is 0.320 e. The normalized spacial score (nSPS) is 40.9. The second-order valence-electron chi connectivity index (χ2n) is 17.1. The molecular formula is C37H57NO3Si. The molecular weight excluding hydrogens is 534 g/mol. The SMILES string of the molecule is CC(C)(C)[Si](C)(C)OC1CC[C@@]2(C)C(=CC[C@H]3[C@@H]4CC[C@H]([C@]5(C)CN(Cc6ccccc6)CC(=O)O5)[C@@]4(C)CC[C@@H]32)C1. The first-order valence-corrected chi connectivity index (χ1v) is 19.9. The Balaban J connectivity index is 1.18. The Morgan fingerprint density at radius 1 is 1.00 bits per heavy atom. The molecule has 5 aliphatic rings. The first kappa shape index (κ1) is 30.6. The molecule has 5 heteroatoms. The number of rotatable bonds is 5. The predicted octanol–water partition coefficient (Wildman–Crippen LogP) is 8.77. The van der Waals surface area contributed by atoms with E-state index < -0.39 is 13.9 Å². The van der Waals surface area contributed by atoms with Crippen LogP contribution in [0.15, 0.2) is 42.0 Å². The Kier molecular flexibility index (Phi) is 7.71. The van der Waals surface area contributed by atoms with Gasteiger partial charge in [0.1, 0.15) is 5.60 Å². The van der Waals surface area contributed by atoms with E-state index in [1.54, 1.807) is 5.57 Å². The summed E-state index contributed by atoms with van der Waals surface area (Å²) in [5.41, 5.74) is 3.12. The van der Waals surface area contributed by atoms with Crippen LogP contribution in [0.3, 0.4) is 0 Å². The van der Waals surface area contributed by atoms with Crippen molar-refractivity contribution in [1.29, 1.82) is 0 Å². The number of allylic oxidation sites excluding steroid dienone is 1. The van der Waals surface area contributed by atoms with Crippen LogP contribution in [0, 0.1) is 34.5 Å². The van der Waals surface area contributed by atoms with Gasteiger partial charge in [-0.1, -0.05) is 76.6 Å². The van der Waals surface area contributed by atoms with Gasteiger partial charge in [-0.05, 0) is 111 Å². The lowest BCUT2D eigenvalue weighted by Crippen LogP contribution is -2.60. The molecule has 42 heavy (non-hydrogen) atoms. The van der Waals surface area contributed by atoms with Gasteiger partial charge in [-0.25, -0.2) is 0 Å². The third-order valence-corrected chi connectivity index (χ3v) is 18.1. The number of fused-ring (bicyclic) bond motifs is 5. The number of ether oxygens (including phenoxy) is 1. The zero-order valence-electron chi connectivity index (χ0n) is 27.8. The quantitative estimate of drug-likeness (QED) is 0.195. The number of esters is 1. The van der Waals surface area contributed by atoms with Gasteiger partial charge < -0.3 is 9.16 Å². The lowest BCUT2D eigenvalue weighted by atomic mass is 9.46. The Bertz CT molecular complexity index is 1210. The summed E-state index contributed by atoms with van der Waals surface area (Å²) in [5.74, 6) is 2.63. The van der Waals surface area contributed by atoms with E-state index in [9.17, 15) is 4.79 Å². The topological polar surface area (TPSA) is 38.8 Å². The highest BCUT2D eigenvalue weighted by Crippen LogP contribution is 2.68. The standard InChI is InChI=1S/C37H57NO3Si/c1-34(2,3)42(7,8)41-28-18-20-35(4)27(22-28)14-15-29-30-16-17-32(36(30,5)21-19-31(29)35)37(6)25-38(24-33(39)40-37)23-26-12-10-9-11-13-26/h9-14,28-32H,15-25H2,1-8H3/t28?,29-,30-,31-,32-,35-,36-,37-/m0/s1. The summed E-state index contributed by atoms with van der Waals surface area (Å²) >= 11 is 0. The van der Waals surface area contributed by atoms with Gasteiger partial charge in [0.15, 0.2) is 8.32 Å². The van der Waals surface area contributed by atoms with Crippen LogP contribution in [-0.2, 0) is 20.5 Å².